The van der Waals surface area contributed by atoms with Crippen molar-refractivity contribution < 1.29 is 13.2 Å². The highest BCUT2D eigenvalue weighted by molar-refractivity contribution is 7.92. The minimum Gasteiger partial charge on any atom is -0.342 e. The molecule has 1 amide bonds. The number of benzene rings is 1. The summed E-state index contributed by atoms with van der Waals surface area (Å²) in [4.78, 5) is 13.7. The van der Waals surface area contributed by atoms with E-state index in [0.29, 0.717) is 23.8 Å². The number of carbonyl (C=O) groups is 1. The smallest absolute Gasteiger partial charge is 0.243 e. The average molecular weight is 319 g/mol. The number of sulfonamides is 1. The molecule has 0 saturated carbocycles. The zero-order chi connectivity index (χ0) is 15.3. The van der Waals surface area contributed by atoms with Gasteiger partial charge in [-0.2, -0.15) is 0 Å². The Kier molecular flexibility index (Phi) is 5.83. The summed E-state index contributed by atoms with van der Waals surface area (Å²) < 4.78 is 24.9. The van der Waals surface area contributed by atoms with E-state index in [1.54, 1.807) is 29.2 Å². The molecule has 0 aliphatic rings. The van der Waals surface area contributed by atoms with Gasteiger partial charge >= 0.3 is 0 Å². The molecule has 0 aromatic heterocycles. The maximum Gasteiger partial charge on any atom is 0.243 e. The quantitative estimate of drug-likeness (QED) is 0.806. The van der Waals surface area contributed by atoms with Gasteiger partial charge in [-0.05, 0) is 26.0 Å². The molecule has 0 unspecified atom stereocenters. The minimum absolute atomic E-state index is 0.246. The highest BCUT2D eigenvalue weighted by Crippen LogP contribution is 2.27. The molecule has 1 aromatic carbocycles. The van der Waals surface area contributed by atoms with Crippen LogP contribution < -0.4 is 4.31 Å². The summed E-state index contributed by atoms with van der Waals surface area (Å²) in [7, 11) is -3.58. The maximum absolute atomic E-state index is 12.1. The van der Waals surface area contributed by atoms with Gasteiger partial charge in [0.15, 0.2) is 0 Å². The Morgan fingerprint density at radius 1 is 1.20 bits per heavy atom. The monoisotopic (exact) mass is 318 g/mol. The average Bonchev–Trinajstić information content (AvgIpc) is 2.37. The van der Waals surface area contributed by atoms with Gasteiger partial charge in [0.2, 0.25) is 15.9 Å². The lowest BCUT2D eigenvalue weighted by Gasteiger charge is -2.26. The highest BCUT2D eigenvalue weighted by atomic mass is 35.5. The SMILES string of the molecule is CCN(CC)C(=O)CN(c1ccccc1Cl)S(C)(=O)=O. The van der Waals surface area contributed by atoms with Crippen molar-refractivity contribution >= 4 is 33.2 Å². The van der Waals surface area contributed by atoms with Crippen molar-refractivity contribution in [2.75, 3.05) is 30.2 Å². The number of para-hydroxylation sites is 1. The van der Waals surface area contributed by atoms with Crippen LogP contribution in [0.3, 0.4) is 0 Å². The third-order valence-electron chi connectivity index (χ3n) is 2.92. The molecule has 0 radical (unpaired) electrons. The summed E-state index contributed by atoms with van der Waals surface area (Å²) in [6.07, 6.45) is 1.06. The van der Waals surface area contributed by atoms with E-state index in [0.717, 1.165) is 10.6 Å². The molecule has 0 aliphatic carbocycles. The predicted octanol–water partition coefficient (Wildman–Crippen LogP) is 1.97. The van der Waals surface area contributed by atoms with E-state index in [1.165, 1.54) is 0 Å². The summed E-state index contributed by atoms with van der Waals surface area (Å²) in [5, 5.41) is 0.297. The Morgan fingerprint density at radius 2 is 1.75 bits per heavy atom. The van der Waals surface area contributed by atoms with Crippen molar-refractivity contribution in [3.8, 4) is 0 Å². The number of hydrogen-bond acceptors (Lipinski definition) is 3. The molecule has 1 rings (SSSR count). The maximum atomic E-state index is 12.1. The zero-order valence-corrected chi connectivity index (χ0v) is 13.4. The number of carbonyl (C=O) groups excluding carboxylic acids is 1. The lowest BCUT2D eigenvalue weighted by atomic mass is 10.3. The number of halogens is 1. The van der Waals surface area contributed by atoms with Crippen LogP contribution in [0.4, 0.5) is 5.69 Å². The van der Waals surface area contributed by atoms with Gasteiger partial charge in [-0.25, -0.2) is 8.42 Å². The second kappa shape index (κ2) is 6.95. The zero-order valence-electron chi connectivity index (χ0n) is 11.8. The lowest BCUT2D eigenvalue weighted by molar-refractivity contribution is -0.129. The predicted molar refractivity (Wildman–Crippen MR) is 81.6 cm³/mol. The Hall–Kier alpha value is -1.27. The molecule has 0 bridgehead atoms. The molecule has 112 valence electrons. The van der Waals surface area contributed by atoms with Crippen molar-refractivity contribution in [2.24, 2.45) is 0 Å². The first-order valence-corrected chi connectivity index (χ1v) is 8.53. The standard InChI is InChI=1S/C13H19ClN2O3S/c1-4-15(5-2)13(17)10-16(20(3,18)19)12-9-7-6-8-11(12)14/h6-9H,4-5,10H2,1-3H3. The van der Waals surface area contributed by atoms with Crippen LogP contribution in [-0.2, 0) is 14.8 Å². The summed E-state index contributed by atoms with van der Waals surface area (Å²) in [5.41, 5.74) is 0.317. The number of likely N-dealkylation sites (N-methyl/N-ethyl adjacent to an activating group) is 1. The Morgan fingerprint density at radius 3 is 2.20 bits per heavy atom. The molecule has 7 heteroatoms. The van der Waals surface area contributed by atoms with Crippen molar-refractivity contribution in [1.29, 1.82) is 0 Å². The summed E-state index contributed by atoms with van der Waals surface area (Å²) in [6, 6.07) is 6.57. The summed E-state index contributed by atoms with van der Waals surface area (Å²) in [5.74, 6) is -0.250. The van der Waals surface area contributed by atoms with Gasteiger partial charge in [0.05, 0.1) is 17.0 Å². The van der Waals surface area contributed by atoms with Gasteiger partial charge in [-0.3, -0.25) is 9.10 Å². The lowest BCUT2D eigenvalue weighted by Crippen LogP contribution is -2.42. The van der Waals surface area contributed by atoms with Crippen LogP contribution in [0, 0.1) is 0 Å². The van der Waals surface area contributed by atoms with Crippen molar-refractivity contribution in [2.45, 2.75) is 13.8 Å². The number of anilines is 1. The van der Waals surface area contributed by atoms with Crippen LogP contribution in [-0.4, -0.2) is 45.1 Å². The normalized spacial score (nSPS) is 11.2. The van der Waals surface area contributed by atoms with E-state index >= 15 is 0 Å². The molecular weight excluding hydrogens is 300 g/mol. The van der Waals surface area contributed by atoms with E-state index in [9.17, 15) is 13.2 Å². The van der Waals surface area contributed by atoms with E-state index in [2.05, 4.69) is 0 Å². The molecule has 0 heterocycles. The molecule has 0 saturated heterocycles. The highest BCUT2D eigenvalue weighted by Gasteiger charge is 2.24. The number of nitrogens with zero attached hydrogens (tertiary/aromatic N) is 2. The summed E-state index contributed by atoms with van der Waals surface area (Å²) >= 11 is 6.02. The van der Waals surface area contributed by atoms with Gasteiger partial charge in [0.1, 0.15) is 6.54 Å². The second-order valence-electron chi connectivity index (χ2n) is 4.29. The van der Waals surface area contributed by atoms with Gasteiger partial charge in [0.25, 0.3) is 0 Å². The van der Waals surface area contributed by atoms with Gasteiger partial charge in [-0.15, -0.1) is 0 Å². The van der Waals surface area contributed by atoms with E-state index in [4.69, 9.17) is 11.6 Å². The fourth-order valence-electron chi connectivity index (χ4n) is 1.83. The molecule has 1 aromatic rings. The van der Waals surface area contributed by atoms with Crippen LogP contribution in [0.2, 0.25) is 5.02 Å². The van der Waals surface area contributed by atoms with Gasteiger partial charge in [0, 0.05) is 13.1 Å². The largest absolute Gasteiger partial charge is 0.342 e. The molecule has 5 nitrogen and oxygen atoms in total. The first kappa shape index (κ1) is 16.8. The van der Waals surface area contributed by atoms with Gasteiger partial charge in [-0.1, -0.05) is 23.7 Å². The molecule has 0 atom stereocenters. The minimum atomic E-state index is -3.58. The molecular formula is C13H19ClN2O3S. The Labute approximate surface area is 125 Å². The molecule has 0 spiro atoms. The molecule has 0 N–H and O–H groups in total. The van der Waals surface area contributed by atoms with Crippen molar-refractivity contribution in [3.63, 3.8) is 0 Å². The van der Waals surface area contributed by atoms with Crippen LogP contribution in [0.1, 0.15) is 13.8 Å². The summed E-state index contributed by atoms with van der Waals surface area (Å²) in [6.45, 7) is 4.53. The van der Waals surface area contributed by atoms with Crippen molar-refractivity contribution in [1.82, 2.24) is 4.90 Å². The molecule has 0 fully saturated rings. The number of hydrogen-bond donors (Lipinski definition) is 0. The van der Waals surface area contributed by atoms with Crippen LogP contribution >= 0.6 is 11.6 Å². The van der Waals surface area contributed by atoms with Crippen LogP contribution in [0.15, 0.2) is 24.3 Å². The second-order valence-corrected chi connectivity index (χ2v) is 6.60. The Bertz CT molecular complexity index is 571. The van der Waals surface area contributed by atoms with E-state index in [1.807, 2.05) is 13.8 Å². The first-order chi connectivity index (χ1) is 9.31. The molecule has 20 heavy (non-hydrogen) atoms. The third kappa shape index (κ3) is 4.11. The van der Waals surface area contributed by atoms with Crippen molar-refractivity contribution in [3.05, 3.63) is 29.3 Å². The first-order valence-electron chi connectivity index (χ1n) is 6.31. The van der Waals surface area contributed by atoms with E-state index < -0.39 is 10.0 Å². The fraction of sp³-hybridized carbons (Fsp3) is 0.462. The number of amides is 1. The van der Waals surface area contributed by atoms with Crippen LogP contribution in [0.5, 0.6) is 0 Å². The van der Waals surface area contributed by atoms with E-state index in [-0.39, 0.29) is 12.5 Å². The molecule has 0 aliphatic heterocycles. The Balaban J connectivity index is 3.11. The van der Waals surface area contributed by atoms with Gasteiger partial charge < -0.3 is 4.90 Å². The fourth-order valence-corrected chi connectivity index (χ4v) is 2.98. The third-order valence-corrected chi connectivity index (χ3v) is 4.36. The number of rotatable bonds is 6. The topological polar surface area (TPSA) is 57.7 Å². The van der Waals surface area contributed by atoms with Crippen LogP contribution in [0.25, 0.3) is 0 Å².